The first-order valence-electron chi connectivity index (χ1n) is 6.19. The Morgan fingerprint density at radius 1 is 1.29 bits per heavy atom. The minimum absolute atomic E-state index is 0.0689. The summed E-state index contributed by atoms with van der Waals surface area (Å²) in [6.07, 6.45) is 9.52. The van der Waals surface area contributed by atoms with E-state index in [-0.39, 0.29) is 12.1 Å². The number of rotatable bonds is 4. The smallest absolute Gasteiger partial charge is 0.0613 e. The van der Waals surface area contributed by atoms with Gasteiger partial charge in [-0.15, -0.1) is 0 Å². The van der Waals surface area contributed by atoms with E-state index in [2.05, 4.69) is 32.3 Å². The minimum atomic E-state index is -0.0689. The molecule has 4 heteroatoms. The van der Waals surface area contributed by atoms with Gasteiger partial charge in [-0.3, -0.25) is 4.98 Å². The molecule has 0 radical (unpaired) electrons. The van der Waals surface area contributed by atoms with Crippen molar-refractivity contribution >= 4 is 15.9 Å². The number of hydrogen-bond donors (Lipinski definition) is 2. The molecule has 3 nitrogen and oxygen atoms in total. The molecule has 0 saturated heterocycles. The Morgan fingerprint density at radius 2 is 2.06 bits per heavy atom. The number of aliphatic hydroxyl groups excluding tert-OH is 1. The van der Waals surface area contributed by atoms with Gasteiger partial charge in [-0.05, 0) is 40.4 Å². The van der Waals surface area contributed by atoms with Crippen LogP contribution in [-0.4, -0.2) is 22.2 Å². The van der Waals surface area contributed by atoms with Crippen molar-refractivity contribution in [3.05, 3.63) is 28.5 Å². The largest absolute Gasteiger partial charge is 0.394 e. The molecule has 1 heterocycles. The number of halogens is 1. The first-order chi connectivity index (χ1) is 8.24. The van der Waals surface area contributed by atoms with E-state index < -0.39 is 0 Å². The lowest BCUT2D eigenvalue weighted by Crippen LogP contribution is -2.49. The predicted molar refractivity (Wildman–Crippen MR) is 71.7 cm³/mol. The minimum Gasteiger partial charge on any atom is -0.394 e. The lowest BCUT2D eigenvalue weighted by Gasteiger charge is -2.36. The van der Waals surface area contributed by atoms with Crippen LogP contribution in [0.5, 0.6) is 0 Å². The molecule has 2 N–H and O–H groups in total. The molecule has 1 aliphatic rings. The van der Waals surface area contributed by atoms with Crippen molar-refractivity contribution in [1.29, 1.82) is 0 Å². The summed E-state index contributed by atoms with van der Waals surface area (Å²) in [4.78, 5) is 4.15. The molecular formula is C13H19BrN2O. The molecule has 1 aliphatic carbocycles. The van der Waals surface area contributed by atoms with Crippen LogP contribution in [0.4, 0.5) is 0 Å². The van der Waals surface area contributed by atoms with Crippen molar-refractivity contribution in [3.8, 4) is 0 Å². The Hall–Kier alpha value is -0.450. The molecule has 1 aromatic heterocycles. The van der Waals surface area contributed by atoms with Gasteiger partial charge >= 0.3 is 0 Å². The van der Waals surface area contributed by atoms with Gasteiger partial charge in [0.1, 0.15) is 0 Å². The second-order valence-corrected chi connectivity index (χ2v) is 5.78. The summed E-state index contributed by atoms with van der Waals surface area (Å²) < 4.78 is 0.999. The number of hydrogen-bond acceptors (Lipinski definition) is 3. The normalized spacial score (nSPS) is 19.2. The topological polar surface area (TPSA) is 45.1 Å². The van der Waals surface area contributed by atoms with E-state index in [0.717, 1.165) is 29.4 Å². The van der Waals surface area contributed by atoms with Crippen LogP contribution in [0.2, 0.25) is 0 Å². The highest BCUT2D eigenvalue weighted by Crippen LogP contribution is 2.28. The van der Waals surface area contributed by atoms with Crippen LogP contribution in [0.1, 0.15) is 37.7 Å². The summed E-state index contributed by atoms with van der Waals surface area (Å²) in [6.45, 7) is 1.00. The molecule has 0 aliphatic heterocycles. The summed E-state index contributed by atoms with van der Waals surface area (Å²) in [5.74, 6) is 0. The molecule has 0 aromatic carbocycles. The first-order valence-corrected chi connectivity index (χ1v) is 6.99. The van der Waals surface area contributed by atoms with Gasteiger partial charge in [0, 0.05) is 29.0 Å². The zero-order chi connectivity index (χ0) is 12.1. The van der Waals surface area contributed by atoms with Crippen LogP contribution in [0, 0.1) is 0 Å². The van der Waals surface area contributed by atoms with Crippen LogP contribution in [-0.2, 0) is 6.54 Å². The third-order valence-electron chi connectivity index (χ3n) is 3.54. The fraction of sp³-hybridized carbons (Fsp3) is 0.615. The van der Waals surface area contributed by atoms with Crippen molar-refractivity contribution in [3.63, 3.8) is 0 Å². The van der Waals surface area contributed by atoms with Crippen LogP contribution < -0.4 is 5.32 Å². The maximum atomic E-state index is 9.59. The summed E-state index contributed by atoms with van der Waals surface area (Å²) in [5.41, 5.74) is 1.08. The van der Waals surface area contributed by atoms with E-state index in [9.17, 15) is 5.11 Å². The highest BCUT2D eigenvalue weighted by Gasteiger charge is 2.30. The third-order valence-corrected chi connectivity index (χ3v) is 3.98. The van der Waals surface area contributed by atoms with Gasteiger partial charge in [0.05, 0.1) is 6.61 Å². The van der Waals surface area contributed by atoms with E-state index in [1.54, 1.807) is 6.20 Å². The molecule has 0 bridgehead atoms. The van der Waals surface area contributed by atoms with Gasteiger partial charge in [0.25, 0.3) is 0 Å². The zero-order valence-electron chi connectivity index (χ0n) is 9.95. The number of aliphatic hydroxyl groups is 1. The Bertz CT molecular complexity index is 364. The first kappa shape index (κ1) is 13.0. The molecule has 94 valence electrons. The van der Waals surface area contributed by atoms with E-state index in [0.29, 0.717) is 0 Å². The maximum Gasteiger partial charge on any atom is 0.0613 e. The van der Waals surface area contributed by atoms with E-state index in [1.165, 1.54) is 19.3 Å². The lowest BCUT2D eigenvalue weighted by molar-refractivity contribution is 0.119. The number of nitrogens with one attached hydrogen (secondary N) is 1. The Balaban J connectivity index is 1.95. The summed E-state index contributed by atoms with van der Waals surface area (Å²) >= 11 is 3.42. The quantitative estimate of drug-likeness (QED) is 0.898. The van der Waals surface area contributed by atoms with Gasteiger partial charge in [-0.25, -0.2) is 0 Å². The lowest BCUT2D eigenvalue weighted by atomic mass is 9.82. The molecule has 0 amide bonds. The van der Waals surface area contributed by atoms with Crippen molar-refractivity contribution < 1.29 is 5.11 Å². The molecule has 1 saturated carbocycles. The highest BCUT2D eigenvalue weighted by atomic mass is 79.9. The standard InChI is InChI=1S/C13H19BrN2O/c14-12-6-11(7-15-9-12)8-16-13(10-17)4-2-1-3-5-13/h6-7,9,16-17H,1-5,8,10H2. The van der Waals surface area contributed by atoms with Crippen LogP contribution in [0.25, 0.3) is 0 Å². The van der Waals surface area contributed by atoms with Gasteiger partial charge in [0.15, 0.2) is 0 Å². The number of pyridine rings is 1. The van der Waals surface area contributed by atoms with Crippen LogP contribution in [0.3, 0.4) is 0 Å². The van der Waals surface area contributed by atoms with Crippen molar-refractivity contribution in [2.24, 2.45) is 0 Å². The van der Waals surface area contributed by atoms with Gasteiger partial charge in [0.2, 0.25) is 0 Å². The summed E-state index contributed by atoms with van der Waals surface area (Å²) in [7, 11) is 0. The summed E-state index contributed by atoms with van der Waals surface area (Å²) in [6, 6.07) is 2.06. The molecule has 1 fully saturated rings. The maximum absolute atomic E-state index is 9.59. The number of aromatic nitrogens is 1. The molecule has 0 unspecified atom stereocenters. The summed E-state index contributed by atoms with van der Waals surface area (Å²) in [5, 5.41) is 13.1. The monoisotopic (exact) mass is 298 g/mol. The second kappa shape index (κ2) is 5.94. The molecule has 17 heavy (non-hydrogen) atoms. The van der Waals surface area contributed by atoms with E-state index >= 15 is 0 Å². The van der Waals surface area contributed by atoms with Crippen molar-refractivity contribution in [2.75, 3.05) is 6.61 Å². The predicted octanol–water partition coefficient (Wildman–Crippen LogP) is 2.63. The van der Waals surface area contributed by atoms with Gasteiger partial charge < -0.3 is 10.4 Å². The van der Waals surface area contributed by atoms with Crippen molar-refractivity contribution in [2.45, 2.75) is 44.2 Å². The molecule has 1 aromatic rings. The Kier molecular flexibility index (Phi) is 4.54. The number of nitrogens with zero attached hydrogens (tertiary/aromatic N) is 1. The third kappa shape index (κ3) is 3.50. The fourth-order valence-corrected chi connectivity index (χ4v) is 2.87. The van der Waals surface area contributed by atoms with Crippen LogP contribution in [0.15, 0.2) is 22.9 Å². The highest BCUT2D eigenvalue weighted by molar-refractivity contribution is 9.10. The van der Waals surface area contributed by atoms with Crippen LogP contribution >= 0.6 is 15.9 Å². The molecular weight excluding hydrogens is 280 g/mol. The van der Waals surface area contributed by atoms with Gasteiger partial charge in [-0.2, -0.15) is 0 Å². The molecule has 0 atom stereocenters. The van der Waals surface area contributed by atoms with E-state index in [4.69, 9.17) is 0 Å². The second-order valence-electron chi connectivity index (χ2n) is 4.86. The average Bonchev–Trinajstić information content (AvgIpc) is 2.38. The fourth-order valence-electron chi connectivity index (χ4n) is 2.46. The Labute approximate surface area is 111 Å². The van der Waals surface area contributed by atoms with E-state index in [1.807, 2.05) is 6.20 Å². The molecule has 2 rings (SSSR count). The van der Waals surface area contributed by atoms with Gasteiger partial charge in [-0.1, -0.05) is 19.3 Å². The average molecular weight is 299 g/mol. The zero-order valence-corrected chi connectivity index (χ0v) is 11.5. The Morgan fingerprint density at radius 3 is 2.71 bits per heavy atom. The SMILES string of the molecule is OCC1(NCc2cncc(Br)c2)CCCCC1. The molecule has 0 spiro atoms. The van der Waals surface area contributed by atoms with Crippen molar-refractivity contribution in [1.82, 2.24) is 10.3 Å².